The molecule has 1 saturated heterocycles. The van der Waals surface area contributed by atoms with Crippen molar-refractivity contribution in [2.24, 2.45) is 11.1 Å². The molecule has 0 unspecified atom stereocenters. The summed E-state index contributed by atoms with van der Waals surface area (Å²) in [5, 5.41) is 0. The number of amides is 1. The van der Waals surface area contributed by atoms with Crippen molar-refractivity contribution in [3.8, 4) is 0 Å². The number of hydrogen-bond acceptors (Lipinski definition) is 4. The highest BCUT2D eigenvalue weighted by atomic mass is 32.2. The quantitative estimate of drug-likeness (QED) is 0.802. The summed E-state index contributed by atoms with van der Waals surface area (Å²) in [7, 11) is -3.99. The average molecular weight is 373 g/mol. The number of piperidine rings is 1. The van der Waals surface area contributed by atoms with Gasteiger partial charge in [-0.1, -0.05) is 20.8 Å². The molecule has 1 aliphatic rings. The van der Waals surface area contributed by atoms with Crippen molar-refractivity contribution in [3.63, 3.8) is 0 Å². The van der Waals surface area contributed by atoms with Crippen LogP contribution in [-0.4, -0.2) is 67.7 Å². The lowest BCUT2D eigenvalue weighted by Crippen LogP contribution is -2.55. The minimum absolute atomic E-state index is 0.158. The molecule has 10 heteroatoms. The van der Waals surface area contributed by atoms with E-state index < -0.39 is 40.2 Å². The Morgan fingerprint density at radius 2 is 1.71 bits per heavy atom. The normalized spacial score (nSPS) is 19.6. The van der Waals surface area contributed by atoms with Crippen molar-refractivity contribution >= 4 is 15.9 Å². The Bertz CT molecular complexity index is 550. The predicted octanol–water partition coefficient (Wildman–Crippen LogP) is 1.17. The first-order valence-corrected chi connectivity index (χ1v) is 9.55. The van der Waals surface area contributed by atoms with Crippen LogP contribution < -0.4 is 5.73 Å². The van der Waals surface area contributed by atoms with E-state index in [0.717, 1.165) is 6.26 Å². The van der Waals surface area contributed by atoms with Crippen LogP contribution in [0.15, 0.2) is 0 Å². The lowest BCUT2D eigenvalue weighted by molar-refractivity contribution is -0.144. The highest BCUT2D eigenvalue weighted by Gasteiger charge is 2.40. The first kappa shape index (κ1) is 21.2. The maximum absolute atomic E-state index is 12.6. The zero-order valence-electron chi connectivity index (χ0n) is 14.4. The number of sulfonamides is 1. The van der Waals surface area contributed by atoms with Crippen molar-refractivity contribution < 1.29 is 26.4 Å². The van der Waals surface area contributed by atoms with Gasteiger partial charge in [0.2, 0.25) is 15.9 Å². The van der Waals surface area contributed by atoms with Crippen LogP contribution in [-0.2, 0) is 14.8 Å². The van der Waals surface area contributed by atoms with Crippen LogP contribution in [0.4, 0.5) is 13.2 Å². The zero-order valence-corrected chi connectivity index (χ0v) is 15.2. The molecule has 1 fully saturated rings. The van der Waals surface area contributed by atoms with Crippen molar-refractivity contribution in [2.75, 3.05) is 25.9 Å². The molecule has 1 aliphatic heterocycles. The number of carbonyl (C=O) groups excluding carboxylic acids is 1. The summed E-state index contributed by atoms with van der Waals surface area (Å²) >= 11 is 0. The van der Waals surface area contributed by atoms with Crippen LogP contribution in [0.25, 0.3) is 0 Å². The third-order valence-corrected chi connectivity index (χ3v) is 5.42. The van der Waals surface area contributed by atoms with Crippen LogP contribution in [0.1, 0.15) is 33.6 Å². The summed E-state index contributed by atoms with van der Waals surface area (Å²) in [6.45, 7) is 4.37. The molecule has 142 valence electrons. The predicted molar refractivity (Wildman–Crippen MR) is 84.6 cm³/mol. The van der Waals surface area contributed by atoms with E-state index >= 15 is 0 Å². The molecule has 0 aromatic rings. The topological polar surface area (TPSA) is 83.7 Å². The first-order valence-electron chi connectivity index (χ1n) is 7.71. The molecule has 0 saturated carbocycles. The average Bonchev–Trinajstić information content (AvgIpc) is 2.40. The van der Waals surface area contributed by atoms with Gasteiger partial charge in [-0.2, -0.15) is 17.5 Å². The Morgan fingerprint density at radius 1 is 1.25 bits per heavy atom. The smallest absolute Gasteiger partial charge is 0.341 e. The van der Waals surface area contributed by atoms with E-state index in [-0.39, 0.29) is 31.8 Å². The zero-order chi connectivity index (χ0) is 18.9. The molecule has 0 aliphatic carbocycles. The third-order valence-electron chi connectivity index (χ3n) is 4.14. The van der Waals surface area contributed by atoms with E-state index in [4.69, 9.17) is 5.73 Å². The number of nitrogens with two attached hydrogens (primary N) is 1. The molecule has 2 N–H and O–H groups in total. The van der Waals surface area contributed by atoms with Crippen molar-refractivity contribution in [3.05, 3.63) is 0 Å². The Hall–Kier alpha value is -0.870. The fraction of sp³-hybridized carbons (Fsp3) is 0.929. The summed E-state index contributed by atoms with van der Waals surface area (Å²) in [5.74, 6) is -0.261. The van der Waals surface area contributed by atoms with Gasteiger partial charge in [-0.05, 0) is 18.3 Å². The number of alkyl halides is 3. The maximum atomic E-state index is 12.6. The molecule has 6 nitrogen and oxygen atoms in total. The Morgan fingerprint density at radius 3 is 2.04 bits per heavy atom. The van der Waals surface area contributed by atoms with Crippen LogP contribution in [0.2, 0.25) is 0 Å². The first-order chi connectivity index (χ1) is 10.6. The molecule has 0 aromatic heterocycles. The lowest BCUT2D eigenvalue weighted by Gasteiger charge is -2.39. The molecule has 0 bridgehead atoms. The van der Waals surface area contributed by atoms with E-state index in [0.29, 0.717) is 4.31 Å². The van der Waals surface area contributed by atoms with Gasteiger partial charge >= 0.3 is 6.18 Å². The molecule has 0 aromatic carbocycles. The second kappa shape index (κ2) is 7.17. The van der Waals surface area contributed by atoms with E-state index in [9.17, 15) is 26.4 Å². The Labute approximate surface area is 141 Å². The molecular formula is C14H26F3N3O3S. The largest absolute Gasteiger partial charge is 0.402 e. The number of nitrogens with zero attached hydrogens (tertiary/aromatic N) is 2. The van der Waals surface area contributed by atoms with Gasteiger partial charge in [0.25, 0.3) is 0 Å². The molecule has 24 heavy (non-hydrogen) atoms. The minimum atomic E-state index is -4.61. The highest BCUT2D eigenvalue weighted by molar-refractivity contribution is 7.88. The highest BCUT2D eigenvalue weighted by Crippen LogP contribution is 2.26. The molecule has 0 spiro atoms. The van der Waals surface area contributed by atoms with Gasteiger partial charge in [-0.25, -0.2) is 8.42 Å². The fourth-order valence-electron chi connectivity index (χ4n) is 2.64. The summed E-state index contributed by atoms with van der Waals surface area (Å²) in [6.07, 6.45) is -3.52. The monoisotopic (exact) mass is 373 g/mol. The number of rotatable bonds is 4. The van der Waals surface area contributed by atoms with E-state index in [1.807, 2.05) is 20.8 Å². The fourth-order valence-corrected chi connectivity index (χ4v) is 3.77. The number of hydrogen-bond donors (Lipinski definition) is 1. The van der Waals surface area contributed by atoms with Gasteiger partial charge in [0, 0.05) is 19.1 Å². The number of carbonyl (C=O) groups is 1. The van der Waals surface area contributed by atoms with Gasteiger partial charge in [0.1, 0.15) is 6.54 Å². The van der Waals surface area contributed by atoms with Gasteiger partial charge in [-0.15, -0.1) is 0 Å². The number of halogens is 3. The molecule has 1 heterocycles. The molecule has 1 amide bonds. The summed E-state index contributed by atoms with van der Waals surface area (Å²) < 4.78 is 61.8. The second-order valence-corrected chi connectivity index (χ2v) is 9.26. The van der Waals surface area contributed by atoms with Crippen LogP contribution in [0.3, 0.4) is 0 Å². The molecule has 1 atom stereocenters. The van der Waals surface area contributed by atoms with Crippen LogP contribution in [0, 0.1) is 5.41 Å². The van der Waals surface area contributed by atoms with Crippen molar-refractivity contribution in [2.45, 2.75) is 51.9 Å². The van der Waals surface area contributed by atoms with Crippen LogP contribution in [0.5, 0.6) is 0 Å². The molecular weight excluding hydrogens is 347 g/mol. The summed E-state index contributed by atoms with van der Waals surface area (Å²) in [4.78, 5) is 13.8. The lowest BCUT2D eigenvalue weighted by atomic mass is 9.86. The van der Waals surface area contributed by atoms with Crippen LogP contribution >= 0.6 is 0 Å². The van der Waals surface area contributed by atoms with Gasteiger partial charge in [-0.3, -0.25) is 4.79 Å². The minimum Gasteiger partial charge on any atom is -0.341 e. The second-order valence-electron chi connectivity index (χ2n) is 7.32. The molecule has 1 rings (SSSR count). The van der Waals surface area contributed by atoms with E-state index in [2.05, 4.69) is 0 Å². The number of likely N-dealkylation sites (tertiary alicyclic amines) is 1. The van der Waals surface area contributed by atoms with Crippen molar-refractivity contribution in [1.82, 2.24) is 9.21 Å². The summed E-state index contributed by atoms with van der Waals surface area (Å²) in [5.41, 5.74) is 5.50. The third kappa shape index (κ3) is 5.89. The maximum Gasteiger partial charge on any atom is 0.402 e. The van der Waals surface area contributed by atoms with Crippen molar-refractivity contribution in [1.29, 1.82) is 0 Å². The van der Waals surface area contributed by atoms with E-state index in [1.54, 1.807) is 0 Å². The van der Waals surface area contributed by atoms with Gasteiger partial charge < -0.3 is 10.6 Å². The standard InChI is InChI=1S/C14H26F3N3O3S/c1-13(2,3)11(18)12(21)19-7-5-10(6-8-19)20(24(4,22)23)9-14(15,16)17/h10-11H,5-9,18H2,1-4H3/t11-/m1/s1. The SMILES string of the molecule is CC(C)(C)[C@H](N)C(=O)N1CCC(N(CC(F)(F)F)S(C)(=O)=O)CC1. The van der Waals surface area contributed by atoms with Gasteiger partial charge in [0.15, 0.2) is 0 Å². The Balaban J connectivity index is 2.77. The molecule has 0 radical (unpaired) electrons. The Kier molecular flexibility index (Phi) is 6.32. The van der Waals surface area contributed by atoms with Gasteiger partial charge in [0.05, 0.1) is 12.3 Å². The van der Waals surface area contributed by atoms with E-state index in [1.165, 1.54) is 4.90 Å². The summed E-state index contributed by atoms with van der Waals surface area (Å²) in [6, 6.07) is -1.48.